The first kappa shape index (κ1) is 22.3. The molecule has 0 radical (unpaired) electrons. The van der Waals surface area contributed by atoms with Crippen molar-refractivity contribution in [2.45, 2.75) is 6.92 Å². The van der Waals surface area contributed by atoms with Gasteiger partial charge in [-0.15, -0.1) is 0 Å². The van der Waals surface area contributed by atoms with Crippen LogP contribution in [0.4, 0.5) is 5.69 Å². The van der Waals surface area contributed by atoms with Crippen LogP contribution in [0.1, 0.15) is 12.5 Å². The number of nitrogens with one attached hydrogen (secondary N) is 1. The van der Waals surface area contributed by atoms with E-state index >= 15 is 0 Å². The van der Waals surface area contributed by atoms with Crippen LogP contribution in [0, 0.1) is 11.3 Å². The Bertz CT molecular complexity index is 960. The summed E-state index contributed by atoms with van der Waals surface area (Å²) >= 11 is 9.37. The highest BCUT2D eigenvalue weighted by atomic mass is 79.9. The number of carbonyl (C=O) groups excluding carboxylic acids is 1. The van der Waals surface area contributed by atoms with Gasteiger partial charge in [-0.25, -0.2) is 4.79 Å². The summed E-state index contributed by atoms with van der Waals surface area (Å²) in [6, 6.07) is 11.6. The summed E-state index contributed by atoms with van der Waals surface area (Å²) in [6.45, 7) is 1.85. The number of rotatable bonds is 8. The number of hydrogen-bond donors (Lipinski definition) is 2. The van der Waals surface area contributed by atoms with Gasteiger partial charge < -0.3 is 19.9 Å². The van der Waals surface area contributed by atoms with E-state index in [0.717, 1.165) is 0 Å². The van der Waals surface area contributed by atoms with E-state index in [4.69, 9.17) is 26.2 Å². The number of amides is 1. The predicted octanol–water partition coefficient (Wildman–Crippen LogP) is 4.51. The summed E-state index contributed by atoms with van der Waals surface area (Å²) in [7, 11) is 0. The van der Waals surface area contributed by atoms with Gasteiger partial charge in [0.15, 0.2) is 12.4 Å². The zero-order valence-electron chi connectivity index (χ0n) is 15.2. The lowest BCUT2D eigenvalue weighted by molar-refractivity contribution is -0.139. The van der Waals surface area contributed by atoms with E-state index in [0.29, 0.717) is 28.1 Å². The third kappa shape index (κ3) is 6.52. The first-order valence-electron chi connectivity index (χ1n) is 8.33. The lowest BCUT2D eigenvalue weighted by Crippen LogP contribution is -2.13. The minimum absolute atomic E-state index is 0.135. The Kier molecular flexibility index (Phi) is 8.07. The van der Waals surface area contributed by atoms with Crippen molar-refractivity contribution in [3.8, 4) is 17.6 Å². The van der Waals surface area contributed by atoms with Crippen molar-refractivity contribution in [3.63, 3.8) is 0 Å². The van der Waals surface area contributed by atoms with E-state index < -0.39 is 18.5 Å². The number of aliphatic carboxylic acids is 1. The Balaban J connectivity index is 2.18. The largest absolute Gasteiger partial charge is 0.494 e. The van der Waals surface area contributed by atoms with Crippen LogP contribution >= 0.6 is 27.5 Å². The van der Waals surface area contributed by atoms with Crippen molar-refractivity contribution in [2.75, 3.05) is 18.5 Å². The molecule has 0 saturated carbocycles. The van der Waals surface area contributed by atoms with Gasteiger partial charge in [-0.2, -0.15) is 5.26 Å². The standard InChI is InChI=1S/C20H16BrClN2O5/c1-2-28-15-5-3-14(4-6-15)24-20(27)13(10-23)7-12-8-16(21)19(17(22)9-12)29-11-18(25)26/h3-9H,2,11H2,1H3,(H,24,27)(H,25,26)/b13-7-. The number of nitriles is 1. The van der Waals surface area contributed by atoms with Gasteiger partial charge in [0.1, 0.15) is 17.4 Å². The summed E-state index contributed by atoms with van der Waals surface area (Å²) in [4.78, 5) is 23.0. The van der Waals surface area contributed by atoms with Crippen LogP contribution in [0.15, 0.2) is 46.4 Å². The highest BCUT2D eigenvalue weighted by molar-refractivity contribution is 9.10. The summed E-state index contributed by atoms with van der Waals surface area (Å²) in [6.07, 6.45) is 1.36. The molecule has 0 aromatic heterocycles. The van der Waals surface area contributed by atoms with Crippen LogP contribution in [0.25, 0.3) is 6.08 Å². The second-order valence-electron chi connectivity index (χ2n) is 5.58. The first-order chi connectivity index (χ1) is 13.8. The fourth-order valence-corrected chi connectivity index (χ4v) is 3.24. The van der Waals surface area contributed by atoms with Crippen molar-refractivity contribution >= 4 is 51.2 Å². The maximum absolute atomic E-state index is 12.4. The molecule has 0 bridgehead atoms. The molecule has 1 amide bonds. The van der Waals surface area contributed by atoms with E-state index in [1.165, 1.54) is 12.1 Å². The monoisotopic (exact) mass is 478 g/mol. The van der Waals surface area contributed by atoms with Crippen molar-refractivity contribution in [1.82, 2.24) is 0 Å². The van der Waals surface area contributed by atoms with Crippen LogP contribution in [0.5, 0.6) is 11.5 Å². The fraction of sp³-hybridized carbons (Fsp3) is 0.150. The SMILES string of the molecule is CCOc1ccc(NC(=O)/C(C#N)=C\c2cc(Cl)c(OCC(=O)O)c(Br)c2)cc1. The lowest BCUT2D eigenvalue weighted by atomic mass is 10.1. The Morgan fingerprint density at radius 2 is 1.97 bits per heavy atom. The molecule has 2 rings (SSSR count). The molecule has 0 unspecified atom stereocenters. The summed E-state index contributed by atoms with van der Waals surface area (Å²) < 4.78 is 10.8. The Labute approximate surface area is 180 Å². The first-order valence-corrected chi connectivity index (χ1v) is 9.50. The molecule has 7 nitrogen and oxygen atoms in total. The number of halogens is 2. The molecule has 0 aliphatic heterocycles. The van der Waals surface area contributed by atoms with Crippen LogP contribution in [-0.2, 0) is 9.59 Å². The normalized spacial score (nSPS) is 10.8. The smallest absolute Gasteiger partial charge is 0.341 e. The van der Waals surface area contributed by atoms with Crippen LogP contribution in [0.3, 0.4) is 0 Å². The predicted molar refractivity (Wildman–Crippen MR) is 112 cm³/mol. The zero-order valence-corrected chi connectivity index (χ0v) is 17.6. The molecule has 2 aromatic carbocycles. The Hall–Kier alpha value is -3.02. The maximum atomic E-state index is 12.4. The topological polar surface area (TPSA) is 109 Å². The van der Waals surface area contributed by atoms with Gasteiger partial charge in [0.2, 0.25) is 0 Å². The molecule has 150 valence electrons. The number of anilines is 1. The number of ether oxygens (including phenoxy) is 2. The molecule has 0 aliphatic carbocycles. The quantitative estimate of drug-likeness (QED) is 0.426. The van der Waals surface area contributed by atoms with Crippen LogP contribution in [-0.4, -0.2) is 30.2 Å². The minimum atomic E-state index is -1.14. The number of carboxylic acid groups (broad SMARTS) is 1. The molecule has 29 heavy (non-hydrogen) atoms. The molecule has 0 spiro atoms. The van der Waals surface area contributed by atoms with E-state index in [2.05, 4.69) is 21.2 Å². The van der Waals surface area contributed by atoms with Crippen molar-refractivity contribution in [2.24, 2.45) is 0 Å². The van der Waals surface area contributed by atoms with Crippen LogP contribution < -0.4 is 14.8 Å². The summed E-state index contributed by atoms with van der Waals surface area (Å²) in [5.74, 6) is -0.903. The molecule has 0 saturated heterocycles. The maximum Gasteiger partial charge on any atom is 0.341 e. The average Bonchev–Trinajstić information content (AvgIpc) is 2.67. The molecule has 0 aliphatic rings. The number of hydrogen-bond acceptors (Lipinski definition) is 5. The van der Waals surface area contributed by atoms with Crippen LogP contribution in [0.2, 0.25) is 5.02 Å². The Morgan fingerprint density at radius 3 is 2.52 bits per heavy atom. The molecule has 0 fully saturated rings. The van der Waals surface area contributed by atoms with Gasteiger partial charge in [-0.1, -0.05) is 11.6 Å². The summed E-state index contributed by atoms with van der Waals surface area (Å²) in [5, 5.41) is 20.8. The van der Waals surface area contributed by atoms with E-state index in [-0.39, 0.29) is 16.3 Å². The third-order valence-electron chi connectivity index (χ3n) is 3.46. The van der Waals surface area contributed by atoms with E-state index in [9.17, 15) is 14.9 Å². The molecular weight excluding hydrogens is 464 g/mol. The van der Waals surface area contributed by atoms with Gasteiger partial charge in [-0.05, 0) is 70.9 Å². The van der Waals surface area contributed by atoms with E-state index in [1.54, 1.807) is 30.3 Å². The van der Waals surface area contributed by atoms with Crippen molar-refractivity contribution in [1.29, 1.82) is 5.26 Å². The molecule has 9 heteroatoms. The number of carboxylic acids is 1. The van der Waals surface area contributed by atoms with Gasteiger partial charge in [0, 0.05) is 5.69 Å². The van der Waals surface area contributed by atoms with Gasteiger partial charge in [0.05, 0.1) is 16.1 Å². The van der Waals surface area contributed by atoms with Crippen molar-refractivity contribution in [3.05, 3.63) is 57.0 Å². The number of benzene rings is 2. The van der Waals surface area contributed by atoms with E-state index in [1.807, 2.05) is 13.0 Å². The lowest BCUT2D eigenvalue weighted by Gasteiger charge is -2.10. The number of carbonyl (C=O) groups is 2. The molecule has 0 atom stereocenters. The second-order valence-corrected chi connectivity index (χ2v) is 6.84. The highest BCUT2D eigenvalue weighted by Crippen LogP contribution is 2.35. The fourth-order valence-electron chi connectivity index (χ4n) is 2.25. The van der Waals surface area contributed by atoms with Gasteiger partial charge in [-0.3, -0.25) is 4.79 Å². The number of nitrogens with zero attached hydrogens (tertiary/aromatic N) is 1. The second kappa shape index (κ2) is 10.5. The summed E-state index contributed by atoms with van der Waals surface area (Å²) in [5.41, 5.74) is 0.834. The molecule has 0 heterocycles. The minimum Gasteiger partial charge on any atom is -0.494 e. The average molecular weight is 480 g/mol. The third-order valence-corrected chi connectivity index (χ3v) is 4.33. The van der Waals surface area contributed by atoms with Crippen molar-refractivity contribution < 1.29 is 24.2 Å². The molecular formula is C20H16BrClN2O5. The molecule has 2 aromatic rings. The highest BCUT2D eigenvalue weighted by Gasteiger charge is 2.13. The zero-order chi connectivity index (χ0) is 21.4. The van der Waals surface area contributed by atoms with Gasteiger partial charge in [0.25, 0.3) is 5.91 Å². The Morgan fingerprint density at radius 1 is 1.28 bits per heavy atom. The molecule has 2 N–H and O–H groups in total. The van der Waals surface area contributed by atoms with Gasteiger partial charge >= 0.3 is 5.97 Å².